The number of ketones is 1. The summed E-state index contributed by atoms with van der Waals surface area (Å²) in [5.74, 6) is -1.15. The van der Waals surface area contributed by atoms with E-state index >= 15 is 0 Å². The van der Waals surface area contributed by atoms with Crippen LogP contribution in [0.15, 0.2) is 48.5 Å². The SMILES string of the molecule is O=C(CCN1C(=O)COc2ccccc21)OCC(=O)c1ccc(F)cc1. The van der Waals surface area contributed by atoms with E-state index in [1.54, 1.807) is 24.3 Å². The highest BCUT2D eigenvalue weighted by molar-refractivity contribution is 5.99. The Morgan fingerprint density at radius 3 is 2.62 bits per heavy atom. The Kier molecular flexibility index (Phi) is 5.26. The van der Waals surface area contributed by atoms with E-state index in [-0.39, 0.29) is 31.0 Å². The number of carbonyl (C=O) groups is 3. The second-order valence-corrected chi connectivity index (χ2v) is 5.64. The molecule has 6 nitrogen and oxygen atoms in total. The van der Waals surface area contributed by atoms with Gasteiger partial charge >= 0.3 is 5.97 Å². The van der Waals surface area contributed by atoms with Crippen LogP contribution in [0.25, 0.3) is 0 Å². The number of carbonyl (C=O) groups excluding carboxylic acids is 3. The number of halogens is 1. The maximum absolute atomic E-state index is 12.8. The van der Waals surface area contributed by atoms with Gasteiger partial charge in [-0.1, -0.05) is 12.1 Å². The first-order valence-electron chi connectivity index (χ1n) is 8.01. The highest BCUT2D eigenvalue weighted by Crippen LogP contribution is 2.31. The predicted molar refractivity (Wildman–Crippen MR) is 90.6 cm³/mol. The maximum atomic E-state index is 12.8. The largest absolute Gasteiger partial charge is 0.482 e. The minimum atomic E-state index is -0.600. The molecule has 0 fully saturated rings. The van der Waals surface area contributed by atoms with Crippen molar-refractivity contribution in [1.82, 2.24) is 0 Å². The molecule has 0 N–H and O–H groups in total. The van der Waals surface area contributed by atoms with Crippen molar-refractivity contribution in [2.75, 3.05) is 24.7 Å². The van der Waals surface area contributed by atoms with Crippen molar-refractivity contribution in [3.63, 3.8) is 0 Å². The predicted octanol–water partition coefficient (Wildman–Crippen LogP) is 2.37. The number of anilines is 1. The van der Waals surface area contributed by atoms with Crippen molar-refractivity contribution < 1.29 is 28.2 Å². The first-order chi connectivity index (χ1) is 12.5. The number of fused-ring (bicyclic) bond motifs is 1. The van der Waals surface area contributed by atoms with Gasteiger partial charge in [-0.3, -0.25) is 14.4 Å². The Labute approximate surface area is 149 Å². The fourth-order valence-corrected chi connectivity index (χ4v) is 2.54. The molecule has 0 saturated heterocycles. The molecule has 0 bridgehead atoms. The Bertz CT molecular complexity index is 834. The number of para-hydroxylation sites is 2. The van der Waals surface area contributed by atoms with E-state index in [0.717, 1.165) is 12.1 Å². The van der Waals surface area contributed by atoms with E-state index in [9.17, 15) is 18.8 Å². The van der Waals surface area contributed by atoms with E-state index in [0.29, 0.717) is 11.4 Å². The van der Waals surface area contributed by atoms with Gasteiger partial charge in [-0.05, 0) is 36.4 Å². The number of hydrogen-bond donors (Lipinski definition) is 0. The molecular formula is C19H16FNO5. The summed E-state index contributed by atoms with van der Waals surface area (Å²) in [6.07, 6.45) is -0.0588. The number of hydrogen-bond acceptors (Lipinski definition) is 5. The van der Waals surface area contributed by atoms with Crippen LogP contribution in [0.3, 0.4) is 0 Å². The lowest BCUT2D eigenvalue weighted by Gasteiger charge is -2.28. The molecule has 0 unspecified atom stereocenters. The lowest BCUT2D eigenvalue weighted by atomic mass is 10.1. The van der Waals surface area contributed by atoms with Crippen molar-refractivity contribution in [3.05, 3.63) is 59.9 Å². The fraction of sp³-hybridized carbons (Fsp3) is 0.211. The lowest BCUT2D eigenvalue weighted by Crippen LogP contribution is -2.40. The number of rotatable bonds is 6. The van der Waals surface area contributed by atoms with Gasteiger partial charge in [0.25, 0.3) is 5.91 Å². The van der Waals surface area contributed by atoms with E-state index in [2.05, 4.69) is 0 Å². The Morgan fingerprint density at radius 2 is 1.85 bits per heavy atom. The van der Waals surface area contributed by atoms with Gasteiger partial charge in [0, 0.05) is 12.1 Å². The minimum Gasteiger partial charge on any atom is -0.482 e. The van der Waals surface area contributed by atoms with Crippen molar-refractivity contribution in [2.24, 2.45) is 0 Å². The quantitative estimate of drug-likeness (QED) is 0.586. The van der Waals surface area contributed by atoms with Crippen molar-refractivity contribution in [1.29, 1.82) is 0 Å². The Balaban J connectivity index is 1.52. The molecule has 26 heavy (non-hydrogen) atoms. The van der Waals surface area contributed by atoms with Gasteiger partial charge in [0.15, 0.2) is 19.0 Å². The molecule has 1 aliphatic heterocycles. The van der Waals surface area contributed by atoms with Crippen LogP contribution in [0.2, 0.25) is 0 Å². The van der Waals surface area contributed by atoms with Crippen LogP contribution >= 0.6 is 0 Å². The number of Topliss-reactive ketones (excluding diaryl/α,β-unsaturated/α-hetero) is 1. The third kappa shape index (κ3) is 4.05. The smallest absolute Gasteiger partial charge is 0.308 e. The van der Waals surface area contributed by atoms with Crippen LogP contribution in [-0.2, 0) is 14.3 Å². The van der Waals surface area contributed by atoms with Crippen LogP contribution in [0.5, 0.6) is 5.75 Å². The minimum absolute atomic E-state index is 0.0588. The zero-order chi connectivity index (χ0) is 18.5. The molecular weight excluding hydrogens is 341 g/mol. The Hall–Kier alpha value is -3.22. The molecule has 0 aromatic heterocycles. The van der Waals surface area contributed by atoms with E-state index in [1.165, 1.54) is 17.0 Å². The van der Waals surface area contributed by atoms with Gasteiger partial charge in [-0.2, -0.15) is 0 Å². The van der Waals surface area contributed by atoms with Crippen molar-refractivity contribution >= 4 is 23.3 Å². The molecule has 0 radical (unpaired) electrons. The highest BCUT2D eigenvalue weighted by atomic mass is 19.1. The standard InChI is InChI=1S/C19H16FNO5/c20-14-7-5-13(6-8-14)16(22)11-26-19(24)9-10-21-15-3-1-2-4-17(15)25-12-18(21)23/h1-8H,9-12H2. The molecule has 2 aromatic carbocycles. The number of nitrogens with zero attached hydrogens (tertiary/aromatic N) is 1. The molecule has 1 amide bonds. The summed E-state index contributed by atoms with van der Waals surface area (Å²) >= 11 is 0. The zero-order valence-electron chi connectivity index (χ0n) is 13.8. The van der Waals surface area contributed by atoms with Gasteiger partial charge in [-0.15, -0.1) is 0 Å². The van der Waals surface area contributed by atoms with Crippen molar-refractivity contribution in [2.45, 2.75) is 6.42 Å². The van der Waals surface area contributed by atoms with Gasteiger partial charge < -0.3 is 14.4 Å². The summed E-state index contributed by atoms with van der Waals surface area (Å²) in [4.78, 5) is 37.3. The summed E-state index contributed by atoms with van der Waals surface area (Å²) in [6, 6.07) is 12.0. The first-order valence-corrected chi connectivity index (χ1v) is 8.01. The van der Waals surface area contributed by atoms with Gasteiger partial charge in [0.05, 0.1) is 12.1 Å². The molecule has 1 aliphatic rings. The van der Waals surface area contributed by atoms with E-state index in [1.807, 2.05) is 0 Å². The summed E-state index contributed by atoms with van der Waals surface area (Å²) < 4.78 is 23.1. The van der Waals surface area contributed by atoms with Gasteiger partial charge in [0.1, 0.15) is 11.6 Å². The average molecular weight is 357 g/mol. The second-order valence-electron chi connectivity index (χ2n) is 5.64. The summed E-state index contributed by atoms with van der Waals surface area (Å²) in [6.45, 7) is -0.393. The Morgan fingerprint density at radius 1 is 1.12 bits per heavy atom. The van der Waals surface area contributed by atoms with Gasteiger partial charge in [-0.25, -0.2) is 4.39 Å². The van der Waals surface area contributed by atoms with Crippen LogP contribution in [0, 0.1) is 5.82 Å². The van der Waals surface area contributed by atoms with Crippen LogP contribution < -0.4 is 9.64 Å². The van der Waals surface area contributed by atoms with Crippen LogP contribution in [0.4, 0.5) is 10.1 Å². The molecule has 7 heteroatoms. The third-order valence-electron chi connectivity index (χ3n) is 3.88. The second kappa shape index (κ2) is 7.77. The number of amides is 1. The van der Waals surface area contributed by atoms with Crippen molar-refractivity contribution in [3.8, 4) is 5.75 Å². The first kappa shape index (κ1) is 17.6. The van der Waals surface area contributed by atoms with Gasteiger partial charge in [0.2, 0.25) is 0 Å². The van der Waals surface area contributed by atoms with E-state index in [4.69, 9.17) is 9.47 Å². The molecule has 0 saturated carbocycles. The number of benzene rings is 2. The fourth-order valence-electron chi connectivity index (χ4n) is 2.54. The molecule has 3 rings (SSSR count). The summed E-state index contributed by atoms with van der Waals surface area (Å²) in [5, 5.41) is 0. The summed E-state index contributed by atoms with van der Waals surface area (Å²) in [5.41, 5.74) is 0.857. The highest BCUT2D eigenvalue weighted by Gasteiger charge is 2.25. The van der Waals surface area contributed by atoms with Crippen LogP contribution in [-0.4, -0.2) is 37.4 Å². The normalized spacial score (nSPS) is 13.0. The summed E-state index contributed by atoms with van der Waals surface area (Å²) in [7, 11) is 0. The number of esters is 1. The molecule has 0 aliphatic carbocycles. The zero-order valence-corrected chi connectivity index (χ0v) is 13.8. The number of ether oxygens (including phenoxy) is 2. The lowest BCUT2D eigenvalue weighted by molar-refractivity contribution is -0.142. The third-order valence-corrected chi connectivity index (χ3v) is 3.88. The molecule has 2 aromatic rings. The van der Waals surface area contributed by atoms with E-state index < -0.39 is 24.2 Å². The molecule has 134 valence electrons. The molecule has 0 atom stereocenters. The average Bonchev–Trinajstić information content (AvgIpc) is 2.66. The molecule has 0 spiro atoms. The monoisotopic (exact) mass is 357 g/mol. The topological polar surface area (TPSA) is 72.9 Å². The van der Waals surface area contributed by atoms with Crippen LogP contribution in [0.1, 0.15) is 16.8 Å². The molecule has 1 heterocycles. The maximum Gasteiger partial charge on any atom is 0.308 e.